The maximum Gasteiger partial charge on any atom is 0.0968 e. The minimum absolute atomic E-state index is 0.633. The summed E-state index contributed by atoms with van der Waals surface area (Å²) >= 11 is 0. The Morgan fingerprint density at radius 1 is 1.12 bits per heavy atom. The second kappa shape index (κ2) is 9.00. The van der Waals surface area contributed by atoms with Gasteiger partial charge in [-0.25, -0.2) is 0 Å². The summed E-state index contributed by atoms with van der Waals surface area (Å²) in [6, 6.07) is 0.633. The highest BCUT2D eigenvalue weighted by molar-refractivity contribution is 4.70. The largest absolute Gasteiger partial charge is 0.365 e. The zero-order valence-corrected chi connectivity index (χ0v) is 11.1. The molecule has 0 aromatic heterocycles. The summed E-state index contributed by atoms with van der Waals surface area (Å²) in [5.41, 5.74) is 0. The first-order chi connectivity index (χ1) is 7.86. The van der Waals surface area contributed by atoms with Gasteiger partial charge in [-0.3, -0.25) is 5.32 Å². The predicted molar refractivity (Wildman–Crippen MR) is 69.5 cm³/mol. The van der Waals surface area contributed by atoms with Gasteiger partial charge in [0.15, 0.2) is 0 Å². The molecule has 2 atom stereocenters. The van der Waals surface area contributed by atoms with Crippen LogP contribution in [-0.2, 0) is 4.74 Å². The summed E-state index contributed by atoms with van der Waals surface area (Å²) in [6.45, 7) is 6.29. The van der Waals surface area contributed by atoms with Crippen LogP contribution in [0.3, 0.4) is 0 Å². The maximum absolute atomic E-state index is 5.32. The van der Waals surface area contributed by atoms with E-state index >= 15 is 0 Å². The molecule has 1 aliphatic heterocycles. The minimum atomic E-state index is 0.633. The molecule has 1 heterocycles. The third kappa shape index (κ3) is 5.86. The minimum Gasteiger partial charge on any atom is -0.365 e. The lowest BCUT2D eigenvalue weighted by atomic mass is 9.91. The molecule has 1 saturated heterocycles. The third-order valence-electron chi connectivity index (χ3n) is 3.62. The van der Waals surface area contributed by atoms with Crippen molar-refractivity contribution in [3.8, 4) is 0 Å². The summed E-state index contributed by atoms with van der Waals surface area (Å²) in [7, 11) is 0. The first kappa shape index (κ1) is 14.0. The Hall–Kier alpha value is -0.0800. The zero-order valence-electron chi connectivity index (χ0n) is 11.1. The predicted octanol–water partition coefficient (Wildman–Crippen LogP) is 3.71. The van der Waals surface area contributed by atoms with E-state index in [0.29, 0.717) is 6.04 Å². The smallest absolute Gasteiger partial charge is 0.0968 e. The molecule has 16 heavy (non-hydrogen) atoms. The van der Waals surface area contributed by atoms with Crippen LogP contribution in [0.25, 0.3) is 0 Å². The van der Waals surface area contributed by atoms with Crippen molar-refractivity contribution in [2.75, 3.05) is 13.3 Å². The van der Waals surface area contributed by atoms with Crippen molar-refractivity contribution in [1.82, 2.24) is 5.32 Å². The Kier molecular flexibility index (Phi) is 7.87. The first-order valence-electron chi connectivity index (χ1n) is 7.18. The molecule has 2 nitrogen and oxygen atoms in total. The molecule has 0 spiro atoms. The van der Waals surface area contributed by atoms with Gasteiger partial charge >= 0.3 is 0 Å². The molecule has 0 aliphatic carbocycles. The van der Waals surface area contributed by atoms with Gasteiger partial charge in [-0.2, -0.15) is 0 Å². The SMILES string of the molecule is CCCCC(CCC)CCCC1COCN1. The van der Waals surface area contributed by atoms with Crippen molar-refractivity contribution in [1.29, 1.82) is 0 Å². The number of unbranched alkanes of at least 4 members (excludes halogenated alkanes) is 1. The molecule has 1 fully saturated rings. The molecule has 2 unspecified atom stereocenters. The monoisotopic (exact) mass is 227 g/mol. The highest BCUT2D eigenvalue weighted by atomic mass is 16.5. The fraction of sp³-hybridized carbons (Fsp3) is 1.00. The van der Waals surface area contributed by atoms with Gasteiger partial charge in [0.2, 0.25) is 0 Å². The normalized spacial score (nSPS) is 22.5. The third-order valence-corrected chi connectivity index (χ3v) is 3.62. The van der Waals surface area contributed by atoms with Crippen molar-refractivity contribution in [2.45, 2.75) is 71.3 Å². The molecular weight excluding hydrogens is 198 g/mol. The lowest BCUT2D eigenvalue weighted by Gasteiger charge is -2.16. The van der Waals surface area contributed by atoms with Crippen molar-refractivity contribution in [2.24, 2.45) is 5.92 Å². The molecule has 1 rings (SSSR count). The van der Waals surface area contributed by atoms with E-state index in [9.17, 15) is 0 Å². The average Bonchev–Trinajstić information content (AvgIpc) is 2.79. The Morgan fingerprint density at radius 3 is 2.56 bits per heavy atom. The van der Waals surface area contributed by atoms with Crippen LogP contribution < -0.4 is 5.32 Å². The van der Waals surface area contributed by atoms with Crippen molar-refractivity contribution < 1.29 is 4.74 Å². The molecule has 1 aliphatic rings. The Labute approximate surface area is 101 Å². The second-order valence-corrected chi connectivity index (χ2v) is 5.14. The van der Waals surface area contributed by atoms with Crippen LogP contribution in [0.2, 0.25) is 0 Å². The summed E-state index contributed by atoms with van der Waals surface area (Å²) < 4.78 is 5.32. The standard InChI is InChI=1S/C14H29NO/c1-3-5-8-13(7-4-2)9-6-10-14-11-16-12-15-14/h13-15H,3-12H2,1-2H3. The highest BCUT2D eigenvalue weighted by Crippen LogP contribution is 2.21. The van der Waals surface area contributed by atoms with E-state index in [1.807, 2.05) is 0 Å². The van der Waals surface area contributed by atoms with Crippen LogP contribution >= 0.6 is 0 Å². The van der Waals surface area contributed by atoms with Gasteiger partial charge < -0.3 is 4.74 Å². The molecule has 0 radical (unpaired) electrons. The van der Waals surface area contributed by atoms with Crippen LogP contribution in [0.15, 0.2) is 0 Å². The Morgan fingerprint density at radius 2 is 1.94 bits per heavy atom. The lowest BCUT2D eigenvalue weighted by molar-refractivity contribution is 0.188. The van der Waals surface area contributed by atoms with Crippen LogP contribution in [0.1, 0.15) is 65.2 Å². The number of ether oxygens (including phenoxy) is 1. The van der Waals surface area contributed by atoms with Gasteiger partial charge in [0.05, 0.1) is 13.3 Å². The highest BCUT2D eigenvalue weighted by Gasteiger charge is 2.15. The molecule has 0 amide bonds. The molecule has 0 aromatic carbocycles. The lowest BCUT2D eigenvalue weighted by Crippen LogP contribution is -2.23. The molecule has 0 aromatic rings. The van der Waals surface area contributed by atoms with Crippen molar-refractivity contribution >= 4 is 0 Å². The zero-order chi connectivity index (χ0) is 11.6. The van der Waals surface area contributed by atoms with E-state index < -0.39 is 0 Å². The van der Waals surface area contributed by atoms with E-state index in [-0.39, 0.29) is 0 Å². The van der Waals surface area contributed by atoms with E-state index in [2.05, 4.69) is 19.2 Å². The van der Waals surface area contributed by atoms with Gasteiger partial charge in [-0.15, -0.1) is 0 Å². The Bertz CT molecular complexity index is 155. The van der Waals surface area contributed by atoms with E-state index in [0.717, 1.165) is 19.3 Å². The molecular formula is C14H29NO. The van der Waals surface area contributed by atoms with Gasteiger partial charge in [-0.1, -0.05) is 58.8 Å². The summed E-state index contributed by atoms with van der Waals surface area (Å²) in [5, 5.41) is 3.38. The quantitative estimate of drug-likeness (QED) is 0.648. The molecule has 96 valence electrons. The van der Waals surface area contributed by atoms with Crippen LogP contribution in [0.5, 0.6) is 0 Å². The maximum atomic E-state index is 5.32. The Balaban J connectivity index is 2.05. The van der Waals surface area contributed by atoms with Crippen LogP contribution in [0.4, 0.5) is 0 Å². The average molecular weight is 227 g/mol. The molecule has 0 bridgehead atoms. The molecule has 1 N–H and O–H groups in total. The van der Waals surface area contributed by atoms with Crippen LogP contribution in [-0.4, -0.2) is 19.4 Å². The van der Waals surface area contributed by atoms with E-state index in [1.54, 1.807) is 0 Å². The van der Waals surface area contributed by atoms with Gasteiger partial charge in [0, 0.05) is 6.04 Å². The van der Waals surface area contributed by atoms with E-state index in [4.69, 9.17) is 4.74 Å². The number of hydrogen-bond acceptors (Lipinski definition) is 2. The number of rotatable bonds is 9. The number of hydrogen-bond donors (Lipinski definition) is 1. The van der Waals surface area contributed by atoms with Crippen molar-refractivity contribution in [3.63, 3.8) is 0 Å². The van der Waals surface area contributed by atoms with Gasteiger partial charge in [0.1, 0.15) is 0 Å². The van der Waals surface area contributed by atoms with Crippen molar-refractivity contribution in [3.05, 3.63) is 0 Å². The first-order valence-corrected chi connectivity index (χ1v) is 7.18. The summed E-state index contributed by atoms with van der Waals surface area (Å²) in [5.74, 6) is 0.979. The van der Waals surface area contributed by atoms with Gasteiger partial charge in [0.25, 0.3) is 0 Å². The second-order valence-electron chi connectivity index (χ2n) is 5.14. The van der Waals surface area contributed by atoms with E-state index in [1.165, 1.54) is 51.4 Å². The summed E-state index contributed by atoms with van der Waals surface area (Å²) in [4.78, 5) is 0. The fourth-order valence-corrected chi connectivity index (χ4v) is 2.61. The number of nitrogens with one attached hydrogen (secondary N) is 1. The van der Waals surface area contributed by atoms with Crippen LogP contribution in [0, 0.1) is 5.92 Å². The molecule has 2 heteroatoms. The summed E-state index contributed by atoms with van der Waals surface area (Å²) in [6.07, 6.45) is 11.1. The topological polar surface area (TPSA) is 21.3 Å². The van der Waals surface area contributed by atoms with Gasteiger partial charge in [-0.05, 0) is 12.3 Å². The fourth-order valence-electron chi connectivity index (χ4n) is 2.61. The molecule has 0 saturated carbocycles.